The van der Waals surface area contributed by atoms with Gasteiger partial charge in [0.25, 0.3) is 0 Å². The maximum atomic E-state index is 14.2. The van der Waals surface area contributed by atoms with Crippen LogP contribution in [0.4, 0.5) is 13.2 Å². The summed E-state index contributed by atoms with van der Waals surface area (Å²) in [5, 5.41) is 13.9. The molecule has 3 aromatic heterocycles. The van der Waals surface area contributed by atoms with Crippen molar-refractivity contribution in [2.45, 2.75) is 52.0 Å². The third kappa shape index (κ3) is 4.33. The Morgan fingerprint density at radius 2 is 1.94 bits per heavy atom. The number of alkyl halides is 2. The average molecular weight is 482 g/mol. The third-order valence-electron chi connectivity index (χ3n) is 6.92. The SMILES string of the molecule is C=C(O)c1cc(-c2cn(CC3CCC(F)(F)CC3)c3cc(-c4c(C)noc4C)cnc23)ccc1F. The number of fused-ring (bicyclic) bond motifs is 1. The van der Waals surface area contributed by atoms with Gasteiger partial charge in [-0.2, -0.15) is 0 Å². The highest BCUT2D eigenvalue weighted by molar-refractivity contribution is 5.95. The predicted molar refractivity (Wildman–Crippen MR) is 129 cm³/mol. The molecule has 1 aliphatic carbocycles. The van der Waals surface area contributed by atoms with E-state index in [-0.39, 0.29) is 30.1 Å². The van der Waals surface area contributed by atoms with Crippen molar-refractivity contribution in [1.29, 1.82) is 0 Å². The summed E-state index contributed by atoms with van der Waals surface area (Å²) >= 11 is 0. The Balaban J connectivity index is 1.63. The number of aliphatic hydroxyl groups excluding tert-OH is 1. The molecule has 1 saturated carbocycles. The topological polar surface area (TPSA) is 64.1 Å². The van der Waals surface area contributed by atoms with Crippen molar-refractivity contribution in [1.82, 2.24) is 14.7 Å². The molecule has 0 atom stereocenters. The lowest BCUT2D eigenvalue weighted by Gasteiger charge is -2.28. The highest BCUT2D eigenvalue weighted by Crippen LogP contribution is 2.39. The molecule has 182 valence electrons. The first-order chi connectivity index (χ1) is 16.6. The zero-order chi connectivity index (χ0) is 24.9. The van der Waals surface area contributed by atoms with Crippen LogP contribution in [0, 0.1) is 25.6 Å². The minimum Gasteiger partial charge on any atom is -0.508 e. The fourth-order valence-corrected chi connectivity index (χ4v) is 5.03. The lowest BCUT2D eigenvalue weighted by molar-refractivity contribution is -0.0472. The van der Waals surface area contributed by atoms with Gasteiger partial charge in [0, 0.05) is 48.5 Å². The Morgan fingerprint density at radius 1 is 1.20 bits per heavy atom. The Hall–Kier alpha value is -3.55. The lowest BCUT2D eigenvalue weighted by Crippen LogP contribution is -2.26. The van der Waals surface area contributed by atoms with E-state index in [4.69, 9.17) is 9.51 Å². The molecule has 0 bridgehead atoms. The van der Waals surface area contributed by atoms with Gasteiger partial charge in [-0.15, -0.1) is 0 Å². The Kier molecular flexibility index (Phi) is 5.69. The fraction of sp³-hybridized carbons (Fsp3) is 0.333. The van der Waals surface area contributed by atoms with Crippen molar-refractivity contribution in [3.8, 4) is 22.3 Å². The maximum Gasteiger partial charge on any atom is 0.248 e. The number of halogens is 3. The van der Waals surface area contributed by atoms with E-state index in [1.807, 2.05) is 30.7 Å². The number of aromatic nitrogens is 3. The van der Waals surface area contributed by atoms with Crippen LogP contribution in [-0.2, 0) is 6.54 Å². The quantitative estimate of drug-likeness (QED) is 0.300. The van der Waals surface area contributed by atoms with Crippen molar-refractivity contribution in [2.24, 2.45) is 5.92 Å². The van der Waals surface area contributed by atoms with E-state index in [9.17, 15) is 18.3 Å². The maximum absolute atomic E-state index is 14.2. The number of hydrogen-bond donors (Lipinski definition) is 1. The third-order valence-corrected chi connectivity index (χ3v) is 6.92. The molecule has 35 heavy (non-hydrogen) atoms. The molecule has 0 unspecified atom stereocenters. The summed E-state index contributed by atoms with van der Waals surface area (Å²) in [5.74, 6) is -2.72. The lowest BCUT2D eigenvalue weighted by atomic mass is 9.87. The zero-order valence-corrected chi connectivity index (χ0v) is 19.6. The molecule has 5 nitrogen and oxygen atoms in total. The number of hydrogen-bond acceptors (Lipinski definition) is 4. The highest BCUT2D eigenvalue weighted by atomic mass is 19.3. The van der Waals surface area contributed by atoms with Crippen molar-refractivity contribution in [2.75, 3.05) is 0 Å². The number of nitrogens with zero attached hydrogens (tertiary/aromatic N) is 3. The monoisotopic (exact) mass is 481 g/mol. The van der Waals surface area contributed by atoms with Crippen LogP contribution < -0.4 is 0 Å². The van der Waals surface area contributed by atoms with Crippen LogP contribution in [-0.4, -0.2) is 25.7 Å². The second-order valence-corrected chi connectivity index (χ2v) is 9.43. The van der Waals surface area contributed by atoms with Crippen LogP contribution in [0.2, 0.25) is 0 Å². The first-order valence-electron chi connectivity index (χ1n) is 11.6. The van der Waals surface area contributed by atoms with E-state index in [1.54, 1.807) is 18.3 Å². The Morgan fingerprint density at radius 3 is 2.60 bits per heavy atom. The van der Waals surface area contributed by atoms with E-state index in [0.717, 1.165) is 27.9 Å². The molecular formula is C27H26F3N3O2. The predicted octanol–water partition coefficient (Wildman–Crippen LogP) is 7.47. The first kappa shape index (κ1) is 23.2. The molecule has 0 aliphatic heterocycles. The van der Waals surface area contributed by atoms with E-state index < -0.39 is 11.7 Å². The van der Waals surface area contributed by atoms with Crippen LogP contribution in [0.3, 0.4) is 0 Å². The summed E-state index contributed by atoms with van der Waals surface area (Å²) in [4.78, 5) is 4.74. The second-order valence-electron chi connectivity index (χ2n) is 9.43. The van der Waals surface area contributed by atoms with Crippen molar-refractivity contribution in [3.05, 3.63) is 66.1 Å². The minimum atomic E-state index is -2.59. The minimum absolute atomic E-state index is 0.0188. The van der Waals surface area contributed by atoms with E-state index in [0.29, 0.717) is 36.2 Å². The molecule has 8 heteroatoms. The van der Waals surface area contributed by atoms with Gasteiger partial charge < -0.3 is 14.2 Å². The Labute approximate surface area is 200 Å². The number of aryl methyl sites for hydroxylation is 2. The molecule has 0 radical (unpaired) electrons. The molecule has 1 N–H and O–H groups in total. The van der Waals surface area contributed by atoms with Gasteiger partial charge >= 0.3 is 0 Å². The molecule has 3 heterocycles. The van der Waals surface area contributed by atoms with Gasteiger partial charge in [0.05, 0.1) is 22.3 Å². The van der Waals surface area contributed by atoms with E-state index >= 15 is 0 Å². The normalized spacial score (nSPS) is 16.1. The molecule has 0 saturated heterocycles. The summed E-state index contributed by atoms with van der Waals surface area (Å²) in [6.07, 6.45) is 4.37. The number of rotatable bonds is 5. The van der Waals surface area contributed by atoms with Gasteiger partial charge in [0.2, 0.25) is 5.92 Å². The molecular weight excluding hydrogens is 455 g/mol. The number of pyridine rings is 1. The van der Waals surface area contributed by atoms with Crippen LogP contribution >= 0.6 is 0 Å². The number of aliphatic hydroxyl groups is 1. The largest absolute Gasteiger partial charge is 0.508 e. The fourth-order valence-electron chi connectivity index (χ4n) is 5.03. The van der Waals surface area contributed by atoms with Gasteiger partial charge in [0.15, 0.2) is 0 Å². The van der Waals surface area contributed by atoms with Crippen molar-refractivity contribution >= 4 is 16.8 Å². The van der Waals surface area contributed by atoms with Crippen molar-refractivity contribution < 1.29 is 22.8 Å². The number of benzene rings is 1. The standard InChI is InChI=1S/C27H26F3N3O2/c1-15-25(17(3)35-32-15)20-11-24-26(31-12-20)22(19-4-5-23(28)21(10-19)16(2)34)14-33(24)13-18-6-8-27(29,30)9-7-18/h4-5,10-12,14,18,34H,2,6-9,13H2,1,3H3. The van der Waals surface area contributed by atoms with Crippen LogP contribution in [0.15, 0.2) is 47.8 Å². The molecule has 1 fully saturated rings. The molecule has 0 amide bonds. The van der Waals surface area contributed by atoms with Crippen molar-refractivity contribution in [3.63, 3.8) is 0 Å². The summed E-state index contributed by atoms with van der Waals surface area (Å²) in [7, 11) is 0. The van der Waals surface area contributed by atoms with Gasteiger partial charge in [-0.25, -0.2) is 13.2 Å². The molecule has 1 aliphatic rings. The van der Waals surface area contributed by atoms with Crippen LogP contribution in [0.25, 0.3) is 39.0 Å². The summed E-state index contributed by atoms with van der Waals surface area (Å²) in [6.45, 7) is 7.73. The Bertz CT molecular complexity index is 1410. The van der Waals surface area contributed by atoms with E-state index in [2.05, 4.69) is 11.7 Å². The van der Waals surface area contributed by atoms with Gasteiger partial charge in [-0.3, -0.25) is 4.98 Å². The van der Waals surface area contributed by atoms with Crippen LogP contribution in [0.1, 0.15) is 42.7 Å². The smallest absolute Gasteiger partial charge is 0.248 e. The molecule has 5 rings (SSSR count). The first-order valence-corrected chi connectivity index (χ1v) is 11.6. The molecule has 4 aromatic rings. The summed E-state index contributed by atoms with van der Waals surface area (Å²) in [5.41, 5.74) is 5.45. The highest BCUT2D eigenvalue weighted by Gasteiger charge is 2.35. The molecule has 1 aromatic carbocycles. The summed E-state index contributed by atoms with van der Waals surface area (Å²) in [6, 6.07) is 6.47. The van der Waals surface area contributed by atoms with Crippen LogP contribution in [0.5, 0.6) is 0 Å². The second kappa shape index (κ2) is 8.59. The zero-order valence-electron chi connectivity index (χ0n) is 19.6. The average Bonchev–Trinajstić information content (AvgIpc) is 3.34. The van der Waals surface area contributed by atoms with Gasteiger partial charge in [0.1, 0.15) is 17.3 Å². The van der Waals surface area contributed by atoms with Gasteiger partial charge in [-0.05, 0) is 56.4 Å². The van der Waals surface area contributed by atoms with E-state index in [1.165, 1.54) is 6.07 Å². The molecule has 0 spiro atoms. The summed E-state index contributed by atoms with van der Waals surface area (Å²) < 4.78 is 49.0. The van der Waals surface area contributed by atoms with Gasteiger partial charge in [-0.1, -0.05) is 17.8 Å².